The van der Waals surface area contributed by atoms with Crippen LogP contribution in [0.3, 0.4) is 0 Å². The number of rotatable bonds is 4. The van der Waals surface area contributed by atoms with Gasteiger partial charge in [-0.05, 0) is 43.2 Å². The SMILES string of the molecule is O=C1[C@H]2CCCC[C@H]2C(=O)N1CCC(=O)N1[C@@H]2CC[C@@H]1C=C(c1ccccc1)C2. The Hall–Kier alpha value is -2.43. The van der Waals surface area contributed by atoms with Crippen molar-refractivity contribution in [1.82, 2.24) is 9.80 Å². The Morgan fingerprint density at radius 3 is 2.28 bits per heavy atom. The predicted molar refractivity (Wildman–Crippen MR) is 109 cm³/mol. The van der Waals surface area contributed by atoms with Gasteiger partial charge in [-0.2, -0.15) is 0 Å². The lowest BCUT2D eigenvalue weighted by atomic mass is 9.81. The number of nitrogens with zero attached hydrogens (tertiary/aromatic N) is 2. The molecule has 4 aliphatic rings. The number of amides is 3. The van der Waals surface area contributed by atoms with Crippen molar-refractivity contribution in [3.63, 3.8) is 0 Å². The van der Waals surface area contributed by atoms with Crippen molar-refractivity contribution in [2.24, 2.45) is 11.8 Å². The molecule has 29 heavy (non-hydrogen) atoms. The molecular formula is C24H28N2O3. The summed E-state index contributed by atoms with van der Waals surface area (Å²) in [7, 11) is 0. The Bertz CT molecular complexity index is 838. The Labute approximate surface area is 171 Å². The van der Waals surface area contributed by atoms with Gasteiger partial charge in [0.15, 0.2) is 0 Å². The van der Waals surface area contributed by atoms with Crippen LogP contribution in [0.4, 0.5) is 0 Å². The van der Waals surface area contributed by atoms with E-state index < -0.39 is 0 Å². The maximum Gasteiger partial charge on any atom is 0.233 e. The van der Waals surface area contributed by atoms with Crippen LogP contribution in [0.5, 0.6) is 0 Å². The highest BCUT2D eigenvalue weighted by molar-refractivity contribution is 6.05. The Morgan fingerprint density at radius 1 is 0.931 bits per heavy atom. The second-order valence-electron chi connectivity index (χ2n) is 8.94. The monoisotopic (exact) mass is 392 g/mol. The molecular weight excluding hydrogens is 364 g/mol. The molecule has 2 bridgehead atoms. The van der Waals surface area contributed by atoms with Gasteiger partial charge in [-0.1, -0.05) is 49.2 Å². The fraction of sp³-hybridized carbons (Fsp3) is 0.542. The molecule has 5 nitrogen and oxygen atoms in total. The third-order valence-electron chi connectivity index (χ3n) is 7.31. The van der Waals surface area contributed by atoms with Gasteiger partial charge in [0, 0.05) is 19.0 Å². The summed E-state index contributed by atoms with van der Waals surface area (Å²) in [5, 5.41) is 0. The second kappa shape index (κ2) is 7.43. The van der Waals surface area contributed by atoms with Crippen LogP contribution in [0.25, 0.3) is 5.57 Å². The van der Waals surface area contributed by atoms with Crippen molar-refractivity contribution in [3.05, 3.63) is 42.0 Å². The number of imide groups is 1. The number of likely N-dealkylation sites (tertiary alicyclic amines) is 1. The Balaban J connectivity index is 1.25. The summed E-state index contributed by atoms with van der Waals surface area (Å²) in [6.45, 7) is 0.245. The maximum atomic E-state index is 13.0. The van der Waals surface area contributed by atoms with Crippen LogP contribution in [0.15, 0.2) is 36.4 Å². The summed E-state index contributed by atoms with van der Waals surface area (Å²) >= 11 is 0. The third-order valence-corrected chi connectivity index (χ3v) is 7.31. The van der Waals surface area contributed by atoms with Crippen LogP contribution < -0.4 is 0 Å². The van der Waals surface area contributed by atoms with E-state index in [9.17, 15) is 14.4 Å². The van der Waals surface area contributed by atoms with E-state index in [1.54, 1.807) is 0 Å². The van der Waals surface area contributed by atoms with Crippen molar-refractivity contribution in [3.8, 4) is 0 Å². The quantitative estimate of drug-likeness (QED) is 0.738. The van der Waals surface area contributed by atoms with Gasteiger partial charge >= 0.3 is 0 Å². The van der Waals surface area contributed by atoms with Crippen molar-refractivity contribution >= 4 is 23.3 Å². The van der Waals surface area contributed by atoms with E-state index in [0.29, 0.717) is 0 Å². The molecule has 0 spiro atoms. The Kier molecular flexibility index (Phi) is 4.76. The first kappa shape index (κ1) is 18.6. The van der Waals surface area contributed by atoms with E-state index in [-0.39, 0.29) is 54.6 Å². The summed E-state index contributed by atoms with van der Waals surface area (Å²) in [5.74, 6) is -0.264. The molecule has 5 rings (SSSR count). The number of carbonyl (C=O) groups is 3. The molecule has 4 atom stereocenters. The topological polar surface area (TPSA) is 57.7 Å². The number of carbonyl (C=O) groups excluding carboxylic acids is 3. The minimum atomic E-state index is -0.131. The lowest BCUT2D eigenvalue weighted by Gasteiger charge is -2.34. The molecule has 1 saturated carbocycles. The largest absolute Gasteiger partial charge is 0.333 e. The Morgan fingerprint density at radius 2 is 1.62 bits per heavy atom. The van der Waals surface area contributed by atoms with Gasteiger partial charge in [-0.25, -0.2) is 0 Å². The molecule has 0 N–H and O–H groups in total. The minimum Gasteiger partial charge on any atom is -0.333 e. The third kappa shape index (κ3) is 3.21. The molecule has 3 fully saturated rings. The molecule has 1 aromatic rings. The molecule has 3 amide bonds. The molecule has 5 heteroatoms. The molecule has 1 aliphatic carbocycles. The van der Waals surface area contributed by atoms with E-state index in [0.717, 1.165) is 44.9 Å². The van der Waals surface area contributed by atoms with Gasteiger partial charge in [0.25, 0.3) is 0 Å². The first-order chi connectivity index (χ1) is 14.1. The van der Waals surface area contributed by atoms with Crippen molar-refractivity contribution in [2.75, 3.05) is 6.54 Å². The molecule has 0 unspecified atom stereocenters. The second-order valence-corrected chi connectivity index (χ2v) is 8.94. The van der Waals surface area contributed by atoms with Crippen LogP contribution in [0.2, 0.25) is 0 Å². The minimum absolute atomic E-state index is 0.0413. The van der Waals surface area contributed by atoms with Crippen LogP contribution in [0, 0.1) is 11.8 Å². The zero-order valence-electron chi connectivity index (χ0n) is 16.8. The van der Waals surface area contributed by atoms with E-state index in [4.69, 9.17) is 0 Å². The zero-order chi connectivity index (χ0) is 20.0. The summed E-state index contributed by atoms with van der Waals surface area (Å²) in [4.78, 5) is 41.7. The van der Waals surface area contributed by atoms with Gasteiger partial charge in [-0.15, -0.1) is 0 Å². The van der Waals surface area contributed by atoms with Crippen molar-refractivity contribution in [1.29, 1.82) is 0 Å². The summed E-state index contributed by atoms with van der Waals surface area (Å²) in [6, 6.07) is 10.8. The highest BCUT2D eigenvalue weighted by atomic mass is 16.2. The first-order valence-corrected chi connectivity index (χ1v) is 11.1. The van der Waals surface area contributed by atoms with Crippen LogP contribution in [-0.4, -0.2) is 46.1 Å². The fourth-order valence-electron chi connectivity index (χ4n) is 5.87. The first-order valence-electron chi connectivity index (χ1n) is 11.1. The van der Waals surface area contributed by atoms with E-state index >= 15 is 0 Å². The summed E-state index contributed by atoms with van der Waals surface area (Å²) in [6.07, 6.45) is 9.10. The van der Waals surface area contributed by atoms with E-state index in [1.807, 2.05) is 11.0 Å². The molecule has 0 aromatic heterocycles. The molecule has 2 saturated heterocycles. The van der Waals surface area contributed by atoms with Gasteiger partial charge in [-0.3, -0.25) is 19.3 Å². The molecule has 152 valence electrons. The predicted octanol–water partition coefficient (Wildman–Crippen LogP) is 3.40. The smallest absolute Gasteiger partial charge is 0.233 e. The van der Waals surface area contributed by atoms with Crippen LogP contribution in [-0.2, 0) is 14.4 Å². The van der Waals surface area contributed by atoms with Crippen molar-refractivity contribution < 1.29 is 14.4 Å². The highest BCUT2D eigenvalue weighted by Gasteiger charge is 2.48. The molecule has 0 radical (unpaired) electrons. The average molecular weight is 392 g/mol. The van der Waals surface area contributed by atoms with Gasteiger partial charge in [0.1, 0.15) is 0 Å². The summed E-state index contributed by atoms with van der Waals surface area (Å²) < 4.78 is 0. The van der Waals surface area contributed by atoms with Crippen LogP contribution >= 0.6 is 0 Å². The molecule has 3 heterocycles. The zero-order valence-corrected chi connectivity index (χ0v) is 16.8. The van der Waals surface area contributed by atoms with Gasteiger partial charge < -0.3 is 4.90 Å². The van der Waals surface area contributed by atoms with Gasteiger partial charge in [0.2, 0.25) is 17.7 Å². The summed E-state index contributed by atoms with van der Waals surface area (Å²) in [5.41, 5.74) is 2.57. The lowest BCUT2D eigenvalue weighted by molar-refractivity contribution is -0.141. The van der Waals surface area contributed by atoms with Crippen LogP contribution in [0.1, 0.15) is 56.9 Å². The lowest BCUT2D eigenvalue weighted by Crippen LogP contribution is -2.44. The van der Waals surface area contributed by atoms with E-state index in [1.165, 1.54) is 16.0 Å². The number of fused-ring (bicyclic) bond motifs is 3. The van der Waals surface area contributed by atoms with E-state index in [2.05, 4.69) is 30.3 Å². The number of hydrogen-bond acceptors (Lipinski definition) is 3. The maximum absolute atomic E-state index is 13.0. The number of benzene rings is 1. The highest BCUT2D eigenvalue weighted by Crippen LogP contribution is 2.40. The fourth-order valence-corrected chi connectivity index (χ4v) is 5.87. The molecule has 3 aliphatic heterocycles. The normalized spacial score (nSPS) is 31.1. The standard InChI is InChI=1S/C24H28N2O3/c27-22(12-13-25-23(28)20-8-4-5-9-21(20)24(25)29)26-18-10-11-19(26)15-17(14-18)16-6-2-1-3-7-16/h1-3,6-7,14,18-21H,4-5,8-13,15H2/t18-,19-,20-,21+/m1/s1. The van der Waals surface area contributed by atoms with Crippen molar-refractivity contribution in [2.45, 2.75) is 63.5 Å². The average Bonchev–Trinajstić information content (AvgIpc) is 3.16. The number of hydrogen-bond donors (Lipinski definition) is 0. The molecule has 1 aromatic carbocycles. The van der Waals surface area contributed by atoms with Gasteiger partial charge in [0.05, 0.1) is 17.9 Å².